The lowest BCUT2D eigenvalue weighted by molar-refractivity contribution is -0.257. The van der Waals surface area contributed by atoms with Crippen LogP contribution in [0.4, 0.5) is 0 Å². The van der Waals surface area contributed by atoms with Crippen LogP contribution in [0.1, 0.15) is 34.6 Å². The van der Waals surface area contributed by atoms with Crippen molar-refractivity contribution in [2.75, 3.05) is 13.2 Å². The minimum Gasteiger partial charge on any atom is -0.465 e. The first-order valence-electron chi connectivity index (χ1n) is 10.1. The number of epoxide rings is 1. The van der Waals surface area contributed by atoms with Crippen molar-refractivity contribution in [3.8, 4) is 0 Å². The molecular formula is C21H26O10. The molecule has 0 radical (unpaired) electrons. The highest BCUT2D eigenvalue weighted by Gasteiger charge is 2.88. The van der Waals surface area contributed by atoms with Crippen molar-refractivity contribution in [3.05, 3.63) is 11.6 Å². The van der Waals surface area contributed by atoms with Crippen LogP contribution in [0.25, 0.3) is 0 Å². The number of ketones is 1. The summed E-state index contributed by atoms with van der Waals surface area (Å²) in [6.07, 6.45) is -3.92. The molecule has 10 heteroatoms. The summed E-state index contributed by atoms with van der Waals surface area (Å²) >= 11 is 0. The molecule has 1 saturated carbocycles. The molecule has 0 unspecified atom stereocenters. The van der Waals surface area contributed by atoms with E-state index in [-0.39, 0.29) is 13.2 Å². The van der Waals surface area contributed by atoms with Crippen molar-refractivity contribution in [2.24, 2.45) is 10.8 Å². The normalized spacial score (nSPS) is 44.9. The van der Waals surface area contributed by atoms with Crippen LogP contribution in [-0.2, 0) is 42.9 Å². The van der Waals surface area contributed by atoms with E-state index in [1.54, 1.807) is 19.9 Å². The fraction of sp³-hybridized carbons (Fsp3) is 0.714. The molecule has 170 valence electrons. The Morgan fingerprint density at radius 1 is 1.16 bits per heavy atom. The summed E-state index contributed by atoms with van der Waals surface area (Å²) in [5, 5.41) is 11.3. The van der Waals surface area contributed by atoms with Gasteiger partial charge in [-0.15, -0.1) is 0 Å². The van der Waals surface area contributed by atoms with Crippen molar-refractivity contribution >= 4 is 23.7 Å². The number of ether oxygens (including phenoxy) is 5. The van der Waals surface area contributed by atoms with Crippen LogP contribution in [-0.4, -0.2) is 78.1 Å². The summed E-state index contributed by atoms with van der Waals surface area (Å²) in [6.45, 7) is 6.68. The van der Waals surface area contributed by atoms with Gasteiger partial charge in [0.25, 0.3) is 0 Å². The molecule has 1 N–H and O–H groups in total. The maximum absolute atomic E-state index is 12.9. The topological polar surface area (TPSA) is 138 Å². The highest BCUT2D eigenvalue weighted by Crippen LogP contribution is 2.72. The Morgan fingerprint density at radius 3 is 2.29 bits per heavy atom. The van der Waals surface area contributed by atoms with E-state index in [1.807, 2.05) is 0 Å². The van der Waals surface area contributed by atoms with Gasteiger partial charge in [-0.3, -0.25) is 19.2 Å². The average Bonchev–Trinajstić information content (AvgIpc) is 3.45. The molecule has 0 aromatic heterocycles. The second-order valence-corrected chi connectivity index (χ2v) is 8.90. The van der Waals surface area contributed by atoms with E-state index in [9.17, 15) is 24.3 Å². The maximum Gasteiger partial charge on any atom is 0.303 e. The molecule has 2 saturated heterocycles. The van der Waals surface area contributed by atoms with Gasteiger partial charge in [0.1, 0.15) is 24.4 Å². The van der Waals surface area contributed by atoms with Crippen molar-refractivity contribution < 1.29 is 48.0 Å². The molecule has 4 aliphatic rings. The molecule has 0 aromatic carbocycles. The Kier molecular flexibility index (Phi) is 4.84. The summed E-state index contributed by atoms with van der Waals surface area (Å²) < 4.78 is 28.7. The lowest BCUT2D eigenvalue weighted by Gasteiger charge is -2.58. The van der Waals surface area contributed by atoms with Crippen molar-refractivity contribution in [3.63, 3.8) is 0 Å². The molecule has 2 bridgehead atoms. The number of esters is 3. The lowest BCUT2D eigenvalue weighted by atomic mass is 9.50. The van der Waals surface area contributed by atoms with E-state index >= 15 is 0 Å². The van der Waals surface area contributed by atoms with Gasteiger partial charge in [0.15, 0.2) is 18.0 Å². The van der Waals surface area contributed by atoms with E-state index in [1.165, 1.54) is 20.8 Å². The maximum atomic E-state index is 12.9. The van der Waals surface area contributed by atoms with Gasteiger partial charge in [-0.05, 0) is 18.6 Å². The summed E-state index contributed by atoms with van der Waals surface area (Å²) in [5.41, 5.74) is -3.65. The summed E-state index contributed by atoms with van der Waals surface area (Å²) in [5.74, 6) is -2.43. The number of rotatable bonds is 4. The third-order valence-electron chi connectivity index (χ3n) is 7.36. The highest BCUT2D eigenvalue weighted by atomic mass is 16.7. The van der Waals surface area contributed by atoms with Crippen LogP contribution in [0.2, 0.25) is 0 Å². The predicted molar refractivity (Wildman–Crippen MR) is 100 cm³/mol. The average molecular weight is 438 g/mol. The minimum absolute atomic E-state index is 0.168. The van der Waals surface area contributed by atoms with E-state index in [0.717, 1.165) is 0 Å². The van der Waals surface area contributed by atoms with E-state index in [2.05, 4.69) is 0 Å². The van der Waals surface area contributed by atoms with Crippen LogP contribution < -0.4 is 0 Å². The Hall–Kier alpha value is -2.30. The number of fused-ring (bicyclic) bond motifs is 2. The van der Waals surface area contributed by atoms with Crippen molar-refractivity contribution in [1.29, 1.82) is 0 Å². The molecule has 3 fully saturated rings. The summed E-state index contributed by atoms with van der Waals surface area (Å²) in [4.78, 5) is 48.6. The van der Waals surface area contributed by atoms with Gasteiger partial charge in [-0.1, -0.05) is 6.92 Å². The standard InChI is InChI=1S/C21H26O10/c1-9-6-13-20(7-27-10(2)22,16(26)14(9)25)19(5)17(30-12(4)24)15(29-11(3)23)18(31-13)21(19)8-28-21/h6,13,15-18,26H,7-8H2,1-5H3/t13-,15-,16-,17-,18-,19-,20-,21+/m1/s1. The van der Waals surface area contributed by atoms with Crippen molar-refractivity contribution in [2.45, 2.75) is 70.7 Å². The number of carbonyl (C=O) groups is 4. The third kappa shape index (κ3) is 2.68. The fourth-order valence-electron chi connectivity index (χ4n) is 5.85. The first-order chi connectivity index (χ1) is 14.4. The van der Waals surface area contributed by atoms with E-state index < -0.39 is 70.6 Å². The predicted octanol–water partition coefficient (Wildman–Crippen LogP) is -0.154. The molecule has 0 amide bonds. The van der Waals surface area contributed by atoms with Gasteiger partial charge in [-0.25, -0.2) is 0 Å². The largest absolute Gasteiger partial charge is 0.465 e. The second kappa shape index (κ2) is 6.85. The number of Topliss-reactive ketones (excluding diaryl/α,β-unsaturated/α-hetero) is 1. The Labute approximate surface area is 178 Å². The number of hydrogen-bond acceptors (Lipinski definition) is 10. The number of hydrogen-bond donors (Lipinski definition) is 1. The number of carbonyl (C=O) groups excluding carboxylic acids is 4. The molecule has 4 rings (SSSR count). The second-order valence-electron chi connectivity index (χ2n) is 8.90. The molecule has 2 aliphatic heterocycles. The molecule has 2 aliphatic carbocycles. The van der Waals surface area contributed by atoms with Gasteiger partial charge in [0.2, 0.25) is 0 Å². The molecule has 2 heterocycles. The number of aliphatic hydroxyl groups excluding tert-OH is 1. The van der Waals surface area contributed by atoms with Gasteiger partial charge in [-0.2, -0.15) is 0 Å². The third-order valence-corrected chi connectivity index (χ3v) is 7.36. The van der Waals surface area contributed by atoms with Crippen molar-refractivity contribution in [1.82, 2.24) is 0 Å². The summed E-state index contributed by atoms with van der Waals surface area (Å²) in [7, 11) is 0. The van der Waals surface area contributed by atoms with E-state index in [0.29, 0.717) is 5.57 Å². The minimum atomic E-state index is -1.64. The molecule has 31 heavy (non-hydrogen) atoms. The zero-order valence-electron chi connectivity index (χ0n) is 18.0. The number of aliphatic hydroxyl groups is 1. The highest BCUT2D eigenvalue weighted by molar-refractivity contribution is 6.00. The molecular weight excluding hydrogens is 412 g/mol. The monoisotopic (exact) mass is 438 g/mol. The van der Waals surface area contributed by atoms with Crippen LogP contribution >= 0.6 is 0 Å². The Morgan fingerprint density at radius 2 is 1.77 bits per heavy atom. The smallest absolute Gasteiger partial charge is 0.303 e. The molecule has 10 nitrogen and oxygen atoms in total. The Balaban J connectivity index is 1.96. The zero-order chi connectivity index (χ0) is 22.9. The van der Waals surface area contributed by atoms with Gasteiger partial charge in [0, 0.05) is 20.8 Å². The molecule has 8 atom stereocenters. The van der Waals surface area contributed by atoms with Crippen LogP contribution in [0.15, 0.2) is 11.6 Å². The lowest BCUT2D eigenvalue weighted by Crippen LogP contribution is -2.72. The summed E-state index contributed by atoms with van der Waals surface area (Å²) in [6, 6.07) is 0. The van der Waals surface area contributed by atoms with Gasteiger partial charge in [0.05, 0.1) is 23.5 Å². The van der Waals surface area contributed by atoms with Crippen LogP contribution in [0.5, 0.6) is 0 Å². The van der Waals surface area contributed by atoms with E-state index in [4.69, 9.17) is 23.7 Å². The van der Waals surface area contributed by atoms with Gasteiger partial charge < -0.3 is 28.8 Å². The first-order valence-corrected chi connectivity index (χ1v) is 10.1. The fourth-order valence-corrected chi connectivity index (χ4v) is 5.85. The quantitative estimate of drug-likeness (QED) is 0.358. The molecule has 1 spiro atoms. The Bertz CT molecular complexity index is 889. The zero-order valence-corrected chi connectivity index (χ0v) is 18.0. The van der Waals surface area contributed by atoms with Crippen LogP contribution in [0, 0.1) is 10.8 Å². The SMILES string of the molecule is CC(=O)OC[C@]12[C@H](O)C(=O)C(C)=C[C@H]1O[C@@H]1[C@H](OC(C)=O)[C@@H](OC(C)=O)[C@@]2(C)[C@]12CO2. The van der Waals surface area contributed by atoms with Crippen LogP contribution in [0.3, 0.4) is 0 Å². The first kappa shape index (κ1) is 21.9. The van der Waals surface area contributed by atoms with Gasteiger partial charge >= 0.3 is 17.9 Å². The molecule has 0 aromatic rings.